The molecule has 2 aliphatic heterocycles. The van der Waals surface area contributed by atoms with E-state index in [9.17, 15) is 45.7 Å². The minimum Gasteiger partial charge on any atom is -0.507 e. The van der Waals surface area contributed by atoms with Crippen LogP contribution in [0.4, 0.5) is 0 Å². The number of fused-ring (bicyclic) bond motifs is 8. The first kappa shape index (κ1) is 35.7. The largest absolute Gasteiger partial charge is 0.507 e. The Morgan fingerprint density at radius 2 is 1.67 bits per heavy atom. The number of carbonyl (C=O) groups is 2. The molecular formula is C40H34O15S2. The lowest BCUT2D eigenvalue weighted by Gasteiger charge is -2.60. The van der Waals surface area contributed by atoms with Crippen LogP contribution in [0.15, 0.2) is 58.7 Å². The Balaban J connectivity index is 1.16. The van der Waals surface area contributed by atoms with Crippen molar-refractivity contribution < 1.29 is 68.0 Å². The monoisotopic (exact) mass is 818 g/mol. The summed E-state index contributed by atoms with van der Waals surface area (Å²) in [6.07, 6.45) is 3.98. The van der Waals surface area contributed by atoms with Gasteiger partial charge in [-0.1, -0.05) is 26.3 Å². The van der Waals surface area contributed by atoms with Crippen molar-refractivity contribution in [3.63, 3.8) is 0 Å². The molecule has 1 spiro atoms. The van der Waals surface area contributed by atoms with E-state index in [0.717, 1.165) is 36.1 Å². The highest BCUT2D eigenvalue weighted by atomic mass is 32.3. The average molecular weight is 819 g/mol. The number of aryl methyl sites for hydroxylation is 1. The predicted molar refractivity (Wildman–Crippen MR) is 195 cm³/mol. The molecule has 11 rings (SSSR count). The summed E-state index contributed by atoms with van der Waals surface area (Å²) in [6, 6.07) is 8.47. The van der Waals surface area contributed by atoms with Gasteiger partial charge in [0.2, 0.25) is 11.6 Å². The minimum absolute atomic E-state index is 0.00209. The SMILES string of the molecule is CC12CCCc3coc(c31)C(=O)c1cc3c(cc12)C(OS(=O)(=O)O)C=C1C3OC23C14CCCC2(C)c1cc2c(OS(=O)(=O)O)ccc(O)c2cc1C(=O)C3(O)OC4. The molecule has 3 aromatic carbocycles. The van der Waals surface area contributed by atoms with Crippen LogP contribution < -0.4 is 4.18 Å². The fraction of sp³-hybridized carbons (Fsp3) is 0.400. The van der Waals surface area contributed by atoms with Gasteiger partial charge in [-0.25, -0.2) is 4.18 Å². The van der Waals surface area contributed by atoms with E-state index >= 15 is 0 Å². The smallest absolute Gasteiger partial charge is 0.446 e. The third-order valence-electron chi connectivity index (χ3n) is 14.3. The second-order valence-corrected chi connectivity index (χ2v) is 18.9. The molecule has 1 saturated carbocycles. The molecule has 7 atom stereocenters. The summed E-state index contributed by atoms with van der Waals surface area (Å²) in [6.45, 7) is 3.56. The van der Waals surface area contributed by atoms with Crippen molar-refractivity contribution in [1.82, 2.24) is 0 Å². The number of ketones is 2. The van der Waals surface area contributed by atoms with Gasteiger partial charge >= 0.3 is 20.8 Å². The normalized spacial score (nSPS) is 34.4. The molecule has 15 nitrogen and oxygen atoms in total. The first-order valence-corrected chi connectivity index (χ1v) is 21.3. The second kappa shape index (κ2) is 10.6. The highest BCUT2D eigenvalue weighted by Crippen LogP contribution is 2.77. The minimum atomic E-state index is -5.08. The van der Waals surface area contributed by atoms with Crippen LogP contribution in [0.5, 0.6) is 11.5 Å². The summed E-state index contributed by atoms with van der Waals surface area (Å²) in [5.41, 5.74) is -1.16. The first-order chi connectivity index (χ1) is 26.8. The summed E-state index contributed by atoms with van der Waals surface area (Å²) >= 11 is 0. The van der Waals surface area contributed by atoms with Crippen LogP contribution in [0.2, 0.25) is 0 Å². The molecule has 1 aromatic heterocycles. The van der Waals surface area contributed by atoms with Crippen molar-refractivity contribution in [3.05, 3.63) is 105 Å². The van der Waals surface area contributed by atoms with Crippen molar-refractivity contribution >= 4 is 43.1 Å². The highest BCUT2D eigenvalue weighted by Gasteiger charge is 2.87. The van der Waals surface area contributed by atoms with Gasteiger partial charge in [-0.15, -0.1) is 0 Å². The molecule has 296 valence electrons. The van der Waals surface area contributed by atoms with Crippen molar-refractivity contribution in [2.45, 2.75) is 86.8 Å². The zero-order chi connectivity index (χ0) is 40.0. The topological polar surface area (TPSA) is 233 Å². The Morgan fingerprint density at radius 3 is 2.42 bits per heavy atom. The van der Waals surface area contributed by atoms with Gasteiger partial charge < -0.3 is 28.3 Å². The van der Waals surface area contributed by atoms with Gasteiger partial charge in [0.1, 0.15) is 18.0 Å². The predicted octanol–water partition coefficient (Wildman–Crippen LogP) is 5.16. The van der Waals surface area contributed by atoms with E-state index in [4.69, 9.17) is 22.3 Å². The van der Waals surface area contributed by atoms with Gasteiger partial charge in [0.25, 0.3) is 5.79 Å². The van der Waals surface area contributed by atoms with Crippen molar-refractivity contribution in [2.75, 3.05) is 6.61 Å². The molecule has 2 saturated heterocycles. The van der Waals surface area contributed by atoms with Gasteiger partial charge in [0, 0.05) is 38.3 Å². The second-order valence-electron chi connectivity index (χ2n) is 16.8. The molecule has 0 amide bonds. The lowest BCUT2D eigenvalue weighted by atomic mass is 9.44. The highest BCUT2D eigenvalue weighted by molar-refractivity contribution is 7.81. The van der Waals surface area contributed by atoms with E-state index < -0.39 is 66.4 Å². The summed E-state index contributed by atoms with van der Waals surface area (Å²) in [4.78, 5) is 29.1. The Bertz CT molecular complexity index is 2880. The van der Waals surface area contributed by atoms with E-state index in [-0.39, 0.29) is 46.0 Å². The Kier molecular flexibility index (Phi) is 6.62. The number of ether oxygens (including phenoxy) is 2. The van der Waals surface area contributed by atoms with E-state index in [2.05, 4.69) is 0 Å². The number of phenols is 1. The van der Waals surface area contributed by atoms with E-state index in [1.807, 2.05) is 6.92 Å². The molecule has 4 aromatic rings. The fourth-order valence-electron chi connectivity index (χ4n) is 12.2. The van der Waals surface area contributed by atoms with E-state index in [1.54, 1.807) is 31.4 Å². The van der Waals surface area contributed by atoms with Crippen molar-refractivity contribution in [1.29, 1.82) is 0 Å². The Hall–Kier alpha value is -4.46. The number of carbonyl (C=O) groups excluding carboxylic acids is 2. The number of benzene rings is 3. The molecule has 3 heterocycles. The Morgan fingerprint density at radius 1 is 0.877 bits per heavy atom. The van der Waals surface area contributed by atoms with E-state index in [0.29, 0.717) is 59.1 Å². The van der Waals surface area contributed by atoms with Crippen LogP contribution in [-0.4, -0.2) is 65.7 Å². The molecule has 7 unspecified atom stereocenters. The standard InChI is InChI=1S/C40H34O15S2/c1-36-8-3-5-18-16-51-34(31(18)36)32(42)23-12-22-21(13-25(23)36)30(55-57(48,49)50)15-27-33(22)53-40-37(2)9-4-10-38(27,40)17-52-39(40,44)35(43)24-11-19-20(14-26(24)37)29(7-6-28(19)41)54-56(45,46)47/h6-7,11-16,30,33,41,44H,3-5,8-10,17H2,1-2H3,(H,45,46,47)(H,48,49,50). The maximum atomic E-state index is 14.8. The number of aliphatic hydroxyl groups is 1. The molecule has 3 fully saturated rings. The van der Waals surface area contributed by atoms with Gasteiger partial charge in [0.05, 0.1) is 18.3 Å². The molecule has 57 heavy (non-hydrogen) atoms. The van der Waals surface area contributed by atoms with Crippen LogP contribution in [-0.2, 0) is 51.7 Å². The van der Waals surface area contributed by atoms with Gasteiger partial charge in [-0.2, -0.15) is 16.8 Å². The van der Waals surface area contributed by atoms with Crippen LogP contribution >= 0.6 is 0 Å². The third-order valence-corrected chi connectivity index (χ3v) is 15.1. The molecule has 0 bridgehead atoms. The fourth-order valence-corrected chi connectivity index (χ4v) is 13.0. The summed E-state index contributed by atoms with van der Waals surface area (Å²) < 4.78 is 98.1. The molecule has 5 aliphatic carbocycles. The summed E-state index contributed by atoms with van der Waals surface area (Å²) in [5.74, 6) is -4.33. The molecule has 0 radical (unpaired) electrons. The maximum Gasteiger partial charge on any atom is 0.446 e. The number of aromatic hydroxyl groups is 1. The number of furan rings is 1. The zero-order valence-corrected chi connectivity index (χ0v) is 32.0. The zero-order valence-electron chi connectivity index (χ0n) is 30.3. The average Bonchev–Trinajstić information content (AvgIpc) is 3.80. The van der Waals surface area contributed by atoms with E-state index in [1.165, 1.54) is 12.1 Å². The number of phenolic OH excluding ortho intramolecular Hbond substituents is 1. The first-order valence-electron chi connectivity index (χ1n) is 18.5. The number of Topliss-reactive ketones (excluding diaryl/α,β-unsaturated/α-hetero) is 1. The van der Waals surface area contributed by atoms with Gasteiger partial charge in [-0.05, 0) is 102 Å². The molecule has 7 aliphatic rings. The lowest BCUT2D eigenvalue weighted by Crippen LogP contribution is -2.74. The number of hydrogen-bond donors (Lipinski definition) is 4. The van der Waals surface area contributed by atoms with Crippen LogP contribution in [0, 0.1) is 5.41 Å². The molecule has 17 heteroatoms. The number of hydrogen-bond acceptors (Lipinski definition) is 13. The summed E-state index contributed by atoms with van der Waals surface area (Å²) in [7, 11) is -10.1. The lowest BCUT2D eigenvalue weighted by molar-refractivity contribution is -0.276. The van der Waals surface area contributed by atoms with Crippen LogP contribution in [0.3, 0.4) is 0 Å². The Labute approximate surface area is 325 Å². The number of rotatable bonds is 4. The van der Waals surface area contributed by atoms with Gasteiger partial charge in [-0.3, -0.25) is 18.7 Å². The van der Waals surface area contributed by atoms with Crippen LogP contribution in [0.1, 0.15) is 118 Å². The van der Waals surface area contributed by atoms with Crippen LogP contribution in [0.25, 0.3) is 10.8 Å². The molecule has 4 N–H and O–H groups in total. The summed E-state index contributed by atoms with van der Waals surface area (Å²) in [5, 5.41) is 23.8. The van der Waals surface area contributed by atoms with Gasteiger partial charge in [0.15, 0.2) is 17.1 Å². The maximum absolute atomic E-state index is 14.8. The van der Waals surface area contributed by atoms with Crippen molar-refractivity contribution in [3.8, 4) is 11.5 Å². The van der Waals surface area contributed by atoms with Crippen molar-refractivity contribution in [2.24, 2.45) is 5.41 Å². The quantitative estimate of drug-likeness (QED) is 0.154. The third kappa shape index (κ3) is 4.10. The molecular weight excluding hydrogens is 785 g/mol.